The van der Waals surface area contributed by atoms with E-state index in [0.717, 1.165) is 40.9 Å². The number of halogens is 2. The zero-order valence-corrected chi connectivity index (χ0v) is 21.2. The van der Waals surface area contributed by atoms with Crippen LogP contribution in [0.2, 0.25) is 5.02 Å². The molecular weight excluding hydrogens is 497 g/mol. The van der Waals surface area contributed by atoms with E-state index < -0.39 is 5.97 Å². The molecule has 0 unspecified atom stereocenters. The van der Waals surface area contributed by atoms with Crippen molar-refractivity contribution in [2.45, 2.75) is 38.9 Å². The number of nitrogens with zero attached hydrogens (tertiary/aromatic N) is 3. The number of carboxylic acids is 1. The molecule has 4 aromatic rings. The number of hydrogen-bond acceptors (Lipinski definition) is 5. The van der Waals surface area contributed by atoms with E-state index in [1.165, 1.54) is 11.1 Å². The van der Waals surface area contributed by atoms with Crippen LogP contribution in [0.15, 0.2) is 65.2 Å². The van der Waals surface area contributed by atoms with E-state index in [-0.39, 0.29) is 18.3 Å². The smallest absolute Gasteiger partial charge is 0.306 e. The summed E-state index contributed by atoms with van der Waals surface area (Å²) in [5.41, 5.74) is 7.41. The normalized spacial score (nSPS) is 18.8. The third-order valence-corrected chi connectivity index (χ3v) is 7.58. The summed E-state index contributed by atoms with van der Waals surface area (Å²) in [5.74, 6) is 0.0478. The molecule has 1 fully saturated rings. The molecule has 2 aliphatic rings. The Morgan fingerprint density at radius 1 is 1.03 bits per heavy atom. The van der Waals surface area contributed by atoms with Gasteiger partial charge in [0.25, 0.3) is 5.89 Å². The average molecular weight is 522 g/mol. The lowest BCUT2D eigenvalue weighted by atomic mass is 9.79. The Hall–Kier alpha value is -3.19. The molecule has 1 N–H and O–H groups in total. The summed E-state index contributed by atoms with van der Waals surface area (Å²) in [5, 5.41) is 14.1. The number of hydrogen-bond donors (Lipinski definition) is 1. The average Bonchev–Trinajstić information content (AvgIpc) is 3.46. The highest BCUT2D eigenvalue weighted by Gasteiger charge is 2.40. The Morgan fingerprint density at radius 2 is 1.81 bits per heavy atom. The van der Waals surface area contributed by atoms with E-state index in [1.54, 1.807) is 0 Å². The molecule has 0 radical (unpaired) electrons. The van der Waals surface area contributed by atoms with Gasteiger partial charge in [0, 0.05) is 35.3 Å². The van der Waals surface area contributed by atoms with Gasteiger partial charge in [0.05, 0.1) is 5.92 Å². The first-order valence-corrected chi connectivity index (χ1v) is 12.1. The lowest BCUT2D eigenvalue weighted by molar-refractivity contribution is -0.147. The number of aromatic nitrogens is 2. The molecule has 0 spiro atoms. The van der Waals surface area contributed by atoms with Gasteiger partial charge in [0.2, 0.25) is 5.82 Å². The van der Waals surface area contributed by atoms with E-state index in [9.17, 15) is 9.90 Å². The number of aryl methyl sites for hydroxylation is 1. The number of carboxylic acid groups (broad SMARTS) is 1. The van der Waals surface area contributed by atoms with Gasteiger partial charge in [-0.2, -0.15) is 4.98 Å². The van der Waals surface area contributed by atoms with Gasteiger partial charge in [0.1, 0.15) is 0 Å². The molecule has 184 valence electrons. The topological polar surface area (TPSA) is 79.5 Å². The predicted molar refractivity (Wildman–Crippen MR) is 141 cm³/mol. The number of rotatable bonds is 5. The molecule has 8 heteroatoms. The van der Waals surface area contributed by atoms with Crippen molar-refractivity contribution in [1.82, 2.24) is 15.0 Å². The molecule has 1 aliphatic heterocycles. The predicted octanol–water partition coefficient (Wildman–Crippen LogP) is 6.63. The van der Waals surface area contributed by atoms with Gasteiger partial charge in [-0.1, -0.05) is 53.2 Å². The summed E-state index contributed by atoms with van der Waals surface area (Å²) in [4.78, 5) is 18.1. The minimum atomic E-state index is -0.698. The Kier molecular flexibility index (Phi) is 6.60. The molecule has 6 rings (SSSR count). The minimum absolute atomic E-state index is 0. The third kappa shape index (κ3) is 4.41. The van der Waals surface area contributed by atoms with Crippen molar-refractivity contribution in [2.24, 2.45) is 5.92 Å². The Bertz CT molecular complexity index is 1430. The van der Waals surface area contributed by atoms with Gasteiger partial charge in [-0.3, -0.25) is 9.69 Å². The SMILES string of the molecule is Cc1cc(-c2nc(-c3cc(Cl)c4c(c3)CN(C3CC(C(=O)O)C3)C4)no2)ccc1-c1ccccc1.Cl. The lowest BCUT2D eigenvalue weighted by Crippen LogP contribution is -2.44. The first-order chi connectivity index (χ1) is 17.0. The van der Waals surface area contributed by atoms with E-state index in [1.807, 2.05) is 30.3 Å². The van der Waals surface area contributed by atoms with Crippen LogP contribution < -0.4 is 0 Å². The number of fused-ring (bicyclic) bond motifs is 1. The second-order valence-corrected chi connectivity index (χ2v) is 9.89. The molecule has 0 amide bonds. The molecule has 3 aromatic carbocycles. The fraction of sp³-hybridized carbons (Fsp3) is 0.250. The monoisotopic (exact) mass is 521 g/mol. The molecule has 1 aromatic heterocycles. The fourth-order valence-electron chi connectivity index (χ4n) is 5.16. The van der Waals surface area contributed by atoms with Crippen molar-refractivity contribution in [3.63, 3.8) is 0 Å². The van der Waals surface area contributed by atoms with E-state index in [4.69, 9.17) is 16.1 Å². The van der Waals surface area contributed by atoms with E-state index in [0.29, 0.717) is 35.6 Å². The molecule has 1 saturated carbocycles. The molecular formula is C28H25Cl2N3O3. The maximum Gasteiger partial charge on any atom is 0.306 e. The van der Waals surface area contributed by atoms with Crippen molar-refractivity contribution in [3.05, 3.63) is 82.4 Å². The van der Waals surface area contributed by atoms with Crippen molar-refractivity contribution in [2.75, 3.05) is 0 Å². The zero-order chi connectivity index (χ0) is 24.1. The van der Waals surface area contributed by atoms with Crippen molar-refractivity contribution in [3.8, 4) is 34.0 Å². The Morgan fingerprint density at radius 3 is 2.53 bits per heavy atom. The van der Waals surface area contributed by atoms with Crippen LogP contribution in [0.5, 0.6) is 0 Å². The molecule has 36 heavy (non-hydrogen) atoms. The number of aliphatic carboxylic acids is 1. The fourth-order valence-corrected chi connectivity index (χ4v) is 5.46. The van der Waals surface area contributed by atoms with Crippen LogP contribution in [0.4, 0.5) is 0 Å². The number of carbonyl (C=O) groups is 1. The van der Waals surface area contributed by atoms with Crippen LogP contribution in [-0.2, 0) is 17.9 Å². The zero-order valence-electron chi connectivity index (χ0n) is 19.6. The first kappa shape index (κ1) is 24.5. The van der Waals surface area contributed by atoms with Crippen LogP contribution in [0.3, 0.4) is 0 Å². The van der Waals surface area contributed by atoms with E-state index in [2.05, 4.69) is 52.3 Å². The second kappa shape index (κ2) is 9.69. The second-order valence-electron chi connectivity index (χ2n) is 9.48. The van der Waals surface area contributed by atoms with Gasteiger partial charge < -0.3 is 9.63 Å². The quantitative estimate of drug-likeness (QED) is 0.317. The van der Waals surface area contributed by atoms with E-state index >= 15 is 0 Å². The lowest BCUT2D eigenvalue weighted by Gasteiger charge is -2.39. The van der Waals surface area contributed by atoms with Gasteiger partial charge in [-0.15, -0.1) is 12.4 Å². The summed E-state index contributed by atoms with van der Waals surface area (Å²) < 4.78 is 5.61. The summed E-state index contributed by atoms with van der Waals surface area (Å²) in [7, 11) is 0. The molecule has 2 heterocycles. The van der Waals surface area contributed by atoms with Crippen LogP contribution in [0, 0.1) is 12.8 Å². The summed E-state index contributed by atoms with van der Waals surface area (Å²) in [6, 6.07) is 20.7. The van der Waals surface area contributed by atoms with Crippen LogP contribution >= 0.6 is 24.0 Å². The van der Waals surface area contributed by atoms with Gasteiger partial charge in [-0.05, 0) is 71.8 Å². The molecule has 0 saturated heterocycles. The Labute approximate surface area is 220 Å². The molecule has 6 nitrogen and oxygen atoms in total. The maximum atomic E-state index is 11.2. The van der Waals surface area contributed by atoms with Crippen molar-refractivity contribution < 1.29 is 14.4 Å². The Balaban J connectivity index is 0.00000267. The van der Waals surface area contributed by atoms with Crippen LogP contribution in [-0.4, -0.2) is 32.2 Å². The molecule has 0 bridgehead atoms. The van der Waals surface area contributed by atoms with Crippen LogP contribution in [0.25, 0.3) is 34.0 Å². The van der Waals surface area contributed by atoms with Gasteiger partial charge in [0.15, 0.2) is 0 Å². The molecule has 1 aliphatic carbocycles. The summed E-state index contributed by atoms with van der Waals surface area (Å²) in [6.45, 7) is 3.58. The number of benzene rings is 3. The summed E-state index contributed by atoms with van der Waals surface area (Å²) in [6.07, 6.45) is 1.40. The largest absolute Gasteiger partial charge is 0.481 e. The summed E-state index contributed by atoms with van der Waals surface area (Å²) >= 11 is 6.65. The molecule has 0 atom stereocenters. The van der Waals surface area contributed by atoms with Crippen LogP contribution in [0.1, 0.15) is 29.5 Å². The first-order valence-electron chi connectivity index (χ1n) is 11.7. The minimum Gasteiger partial charge on any atom is -0.481 e. The third-order valence-electron chi connectivity index (χ3n) is 7.24. The standard InChI is InChI=1S/C28H24ClN3O3.ClH/c1-16-9-18(7-8-23(16)17-5-3-2-4-6-17)27-30-26(31-35-27)19-10-21-14-32(15-24(21)25(29)13-19)22-11-20(12-22)28(33)34;/h2-10,13,20,22H,11-12,14-15H2,1H3,(H,33,34);1H. The van der Waals surface area contributed by atoms with Crippen molar-refractivity contribution in [1.29, 1.82) is 0 Å². The highest BCUT2D eigenvalue weighted by atomic mass is 35.5. The highest BCUT2D eigenvalue weighted by molar-refractivity contribution is 6.31. The van der Waals surface area contributed by atoms with Crippen molar-refractivity contribution >= 4 is 30.0 Å². The van der Waals surface area contributed by atoms with Gasteiger partial charge >= 0.3 is 5.97 Å². The van der Waals surface area contributed by atoms with Gasteiger partial charge in [-0.25, -0.2) is 0 Å². The highest BCUT2D eigenvalue weighted by Crippen LogP contribution is 2.40. The maximum absolute atomic E-state index is 11.2.